The quantitative estimate of drug-likeness (QED) is 0.803. The second-order valence-corrected chi connectivity index (χ2v) is 7.51. The number of nitrogens with zero attached hydrogens (tertiary/aromatic N) is 1. The van der Waals surface area contributed by atoms with E-state index in [9.17, 15) is 0 Å². The van der Waals surface area contributed by atoms with E-state index in [4.69, 9.17) is 0 Å². The van der Waals surface area contributed by atoms with Crippen molar-refractivity contribution in [1.29, 1.82) is 0 Å². The van der Waals surface area contributed by atoms with Gasteiger partial charge in [0.1, 0.15) is 0 Å². The molecular weight excluding hydrogens is 324 g/mol. The monoisotopic (exact) mass is 352 g/mol. The van der Waals surface area contributed by atoms with Gasteiger partial charge < -0.3 is 10.2 Å². The maximum absolute atomic E-state index is 3.57. The predicted molar refractivity (Wildman–Crippen MR) is 94.6 cm³/mol. The molecule has 1 aliphatic carbocycles. The van der Waals surface area contributed by atoms with Crippen LogP contribution in [0.2, 0.25) is 0 Å². The highest BCUT2D eigenvalue weighted by atomic mass is 79.9. The van der Waals surface area contributed by atoms with Gasteiger partial charge in [0.2, 0.25) is 0 Å². The van der Waals surface area contributed by atoms with Crippen LogP contribution in [0.4, 0.5) is 0 Å². The average molecular weight is 353 g/mol. The Morgan fingerprint density at radius 2 is 2.19 bits per heavy atom. The van der Waals surface area contributed by atoms with E-state index < -0.39 is 0 Å². The lowest BCUT2D eigenvalue weighted by Crippen LogP contribution is -2.37. The summed E-state index contributed by atoms with van der Waals surface area (Å²) in [5.41, 5.74) is 1.37. The van der Waals surface area contributed by atoms with Crippen molar-refractivity contribution >= 4 is 15.9 Å². The van der Waals surface area contributed by atoms with Gasteiger partial charge in [0.15, 0.2) is 0 Å². The van der Waals surface area contributed by atoms with Gasteiger partial charge in [-0.1, -0.05) is 47.8 Å². The molecule has 0 radical (unpaired) electrons. The summed E-state index contributed by atoms with van der Waals surface area (Å²) >= 11 is 3.57. The Labute approximate surface area is 138 Å². The number of rotatable bonds is 6. The molecule has 0 bridgehead atoms. The molecule has 0 aromatic heterocycles. The molecule has 1 aliphatic rings. The van der Waals surface area contributed by atoms with Crippen molar-refractivity contribution in [2.75, 3.05) is 20.6 Å². The van der Waals surface area contributed by atoms with Crippen molar-refractivity contribution in [2.45, 2.75) is 51.1 Å². The molecule has 3 unspecified atom stereocenters. The fourth-order valence-corrected chi connectivity index (χ4v) is 3.94. The van der Waals surface area contributed by atoms with Crippen molar-refractivity contribution in [3.63, 3.8) is 0 Å². The zero-order chi connectivity index (χ0) is 15.2. The summed E-state index contributed by atoms with van der Waals surface area (Å²) in [6.45, 7) is 3.56. The first kappa shape index (κ1) is 17.0. The van der Waals surface area contributed by atoms with E-state index in [1.165, 1.54) is 31.2 Å². The summed E-state index contributed by atoms with van der Waals surface area (Å²) in [5, 5.41) is 3.47. The minimum atomic E-state index is 0.436. The van der Waals surface area contributed by atoms with Crippen molar-refractivity contribution < 1.29 is 0 Å². The number of halogens is 1. The van der Waals surface area contributed by atoms with E-state index in [0.29, 0.717) is 6.04 Å². The van der Waals surface area contributed by atoms with Crippen LogP contribution in [-0.4, -0.2) is 31.6 Å². The van der Waals surface area contributed by atoms with Crippen LogP contribution in [0, 0.1) is 5.92 Å². The summed E-state index contributed by atoms with van der Waals surface area (Å²) in [6, 6.07) is 9.88. The average Bonchev–Trinajstić information content (AvgIpc) is 2.48. The first-order valence-corrected chi connectivity index (χ1v) is 9.02. The Hall–Kier alpha value is -0.380. The SMILES string of the molecule is CNC(CCN(C)C1CCCC(C)C1)c1cccc(Br)c1. The Bertz CT molecular complexity index is 435. The van der Waals surface area contributed by atoms with Crippen LogP contribution in [0.3, 0.4) is 0 Å². The normalized spacial score (nSPS) is 24.2. The minimum absolute atomic E-state index is 0.436. The van der Waals surface area contributed by atoms with Crippen LogP contribution in [0.15, 0.2) is 28.7 Å². The maximum Gasteiger partial charge on any atom is 0.0330 e. The lowest BCUT2D eigenvalue weighted by Gasteiger charge is -2.35. The summed E-state index contributed by atoms with van der Waals surface area (Å²) in [6.07, 6.45) is 6.73. The van der Waals surface area contributed by atoms with Gasteiger partial charge in [0.25, 0.3) is 0 Å². The fraction of sp³-hybridized carbons (Fsp3) is 0.667. The number of nitrogens with one attached hydrogen (secondary N) is 1. The van der Waals surface area contributed by atoms with Crippen molar-refractivity contribution in [1.82, 2.24) is 10.2 Å². The molecule has 1 aromatic rings. The van der Waals surface area contributed by atoms with E-state index >= 15 is 0 Å². The van der Waals surface area contributed by atoms with Crippen LogP contribution < -0.4 is 5.32 Å². The second-order valence-electron chi connectivity index (χ2n) is 6.59. The molecule has 0 spiro atoms. The van der Waals surface area contributed by atoms with Gasteiger partial charge >= 0.3 is 0 Å². The smallest absolute Gasteiger partial charge is 0.0330 e. The molecule has 118 valence electrons. The topological polar surface area (TPSA) is 15.3 Å². The molecule has 0 heterocycles. The summed E-state index contributed by atoms with van der Waals surface area (Å²) in [5.74, 6) is 0.899. The minimum Gasteiger partial charge on any atom is -0.313 e. The number of benzene rings is 1. The van der Waals surface area contributed by atoms with E-state index in [-0.39, 0.29) is 0 Å². The molecule has 0 saturated heterocycles. The Kier molecular flexibility index (Phi) is 6.72. The van der Waals surface area contributed by atoms with Gasteiger partial charge in [-0.25, -0.2) is 0 Å². The molecule has 1 fully saturated rings. The second kappa shape index (κ2) is 8.30. The van der Waals surface area contributed by atoms with Gasteiger partial charge in [-0.15, -0.1) is 0 Å². The lowest BCUT2D eigenvalue weighted by molar-refractivity contribution is 0.158. The molecule has 2 nitrogen and oxygen atoms in total. The zero-order valence-electron chi connectivity index (χ0n) is 13.6. The predicted octanol–water partition coefficient (Wildman–Crippen LogP) is 4.61. The first-order valence-electron chi connectivity index (χ1n) is 8.23. The zero-order valence-corrected chi connectivity index (χ0v) is 15.2. The van der Waals surface area contributed by atoms with Crippen LogP contribution in [0.25, 0.3) is 0 Å². The molecule has 0 aliphatic heterocycles. The van der Waals surface area contributed by atoms with Gasteiger partial charge in [-0.05, 0) is 63.5 Å². The van der Waals surface area contributed by atoms with Gasteiger partial charge in [0, 0.05) is 16.6 Å². The van der Waals surface area contributed by atoms with Crippen LogP contribution >= 0.6 is 15.9 Å². The largest absolute Gasteiger partial charge is 0.313 e. The summed E-state index contributed by atoms with van der Waals surface area (Å²) in [4.78, 5) is 2.58. The van der Waals surface area contributed by atoms with Crippen molar-refractivity contribution in [2.24, 2.45) is 5.92 Å². The first-order chi connectivity index (χ1) is 10.1. The molecular formula is C18H29BrN2. The van der Waals surface area contributed by atoms with Gasteiger partial charge in [-0.3, -0.25) is 0 Å². The van der Waals surface area contributed by atoms with Crippen molar-refractivity contribution in [3.8, 4) is 0 Å². The molecule has 3 heteroatoms. The van der Waals surface area contributed by atoms with Crippen LogP contribution in [0.1, 0.15) is 50.6 Å². The van der Waals surface area contributed by atoms with Gasteiger partial charge in [-0.2, -0.15) is 0 Å². The molecule has 2 rings (SSSR count). The summed E-state index contributed by atoms with van der Waals surface area (Å²) < 4.78 is 1.16. The molecule has 21 heavy (non-hydrogen) atoms. The van der Waals surface area contributed by atoms with Gasteiger partial charge in [0.05, 0.1) is 0 Å². The Balaban J connectivity index is 1.87. The van der Waals surface area contributed by atoms with Crippen LogP contribution in [0.5, 0.6) is 0 Å². The third-order valence-corrected chi connectivity index (χ3v) is 5.40. The fourth-order valence-electron chi connectivity index (χ4n) is 3.52. The highest BCUT2D eigenvalue weighted by molar-refractivity contribution is 9.10. The Morgan fingerprint density at radius 1 is 1.38 bits per heavy atom. The van der Waals surface area contributed by atoms with E-state index in [1.54, 1.807) is 0 Å². The third kappa shape index (κ3) is 5.08. The van der Waals surface area contributed by atoms with Crippen LogP contribution in [-0.2, 0) is 0 Å². The molecule has 0 amide bonds. The van der Waals surface area contributed by atoms with E-state index in [0.717, 1.165) is 29.4 Å². The molecule has 1 aromatic carbocycles. The highest BCUT2D eigenvalue weighted by Crippen LogP contribution is 2.27. The maximum atomic E-state index is 3.57. The third-order valence-electron chi connectivity index (χ3n) is 4.90. The molecule has 1 N–H and O–H groups in total. The lowest BCUT2D eigenvalue weighted by atomic mass is 9.86. The molecule has 1 saturated carbocycles. The van der Waals surface area contributed by atoms with Crippen molar-refractivity contribution in [3.05, 3.63) is 34.3 Å². The number of hydrogen-bond donors (Lipinski definition) is 1. The molecule has 3 atom stereocenters. The van der Waals surface area contributed by atoms with E-state index in [1.807, 2.05) is 0 Å². The van der Waals surface area contributed by atoms with E-state index in [2.05, 4.69) is 71.4 Å². The highest BCUT2D eigenvalue weighted by Gasteiger charge is 2.22. The Morgan fingerprint density at radius 3 is 2.86 bits per heavy atom. The number of hydrogen-bond acceptors (Lipinski definition) is 2. The summed E-state index contributed by atoms with van der Waals surface area (Å²) in [7, 11) is 4.37. The standard InChI is InChI=1S/C18H29BrN2/c1-14-6-4-9-17(12-14)21(3)11-10-18(20-2)15-7-5-8-16(19)13-15/h5,7-8,13-14,17-18,20H,4,6,9-12H2,1-3H3.